The first kappa shape index (κ1) is 14.9. The van der Waals surface area contributed by atoms with E-state index in [-0.39, 0.29) is 12.2 Å². The van der Waals surface area contributed by atoms with Gasteiger partial charge in [-0.3, -0.25) is 14.4 Å². The van der Waals surface area contributed by atoms with Crippen LogP contribution in [-0.2, 0) is 21.0 Å². The van der Waals surface area contributed by atoms with Gasteiger partial charge >= 0.3 is 0 Å². The molecule has 0 aliphatic heterocycles. The fourth-order valence-electron chi connectivity index (χ4n) is 2.44. The molecule has 4 nitrogen and oxygen atoms in total. The van der Waals surface area contributed by atoms with Crippen molar-refractivity contribution in [1.29, 1.82) is 0 Å². The van der Waals surface area contributed by atoms with E-state index in [1.807, 2.05) is 66.9 Å². The summed E-state index contributed by atoms with van der Waals surface area (Å²) in [5.74, 6) is 0. The largest absolute Gasteiger partial charge is 0.285 e. The average molecular weight is 304 g/mol. The molecule has 0 atom stereocenters. The number of nitrogens with zero attached hydrogens (tertiary/aromatic N) is 1. The molecule has 0 fully saturated rings. The summed E-state index contributed by atoms with van der Waals surface area (Å²) in [6.45, 7) is 0.223. The highest BCUT2D eigenvalue weighted by Gasteiger charge is 2.16. The Balaban J connectivity index is 1.98. The smallest absolute Gasteiger partial charge is 0.238 e. The normalized spacial score (nSPS) is 10.4. The quantitative estimate of drug-likeness (QED) is 0.518. The maximum Gasteiger partial charge on any atom is 0.238 e. The number of hydrogen-bond donors (Lipinski definition) is 0. The monoisotopic (exact) mass is 304 g/mol. The minimum absolute atomic E-state index is 0.223. The van der Waals surface area contributed by atoms with E-state index in [1.54, 1.807) is 6.07 Å². The second kappa shape index (κ2) is 6.85. The summed E-state index contributed by atoms with van der Waals surface area (Å²) in [6.07, 6.45) is 2.43. The van der Waals surface area contributed by atoms with E-state index in [2.05, 4.69) is 0 Å². The van der Waals surface area contributed by atoms with Crippen LogP contribution in [0.1, 0.15) is 11.1 Å². The summed E-state index contributed by atoms with van der Waals surface area (Å²) in [7, 11) is 0. The molecule has 3 rings (SSSR count). The standard InChI is InChI=1S/C19H14NO3/c21-12-17-11-10-16-8-4-5-9-18(16)19(17)20(14-22)23-13-15-6-2-1-3-7-15/h1-11,14H,13H2. The van der Waals surface area contributed by atoms with Gasteiger partial charge in [-0.2, -0.15) is 5.06 Å². The number of hydrogen-bond acceptors (Lipinski definition) is 3. The topological polar surface area (TPSA) is 46.6 Å². The number of hydroxylamine groups is 1. The van der Waals surface area contributed by atoms with E-state index in [0.29, 0.717) is 12.1 Å². The van der Waals surface area contributed by atoms with Gasteiger partial charge < -0.3 is 0 Å². The third-order valence-corrected chi connectivity index (χ3v) is 3.54. The number of rotatable bonds is 6. The van der Waals surface area contributed by atoms with Gasteiger partial charge in [-0.25, -0.2) is 0 Å². The van der Waals surface area contributed by atoms with Crippen molar-refractivity contribution in [1.82, 2.24) is 0 Å². The fraction of sp³-hybridized carbons (Fsp3) is 0.0526. The Hall–Kier alpha value is -2.98. The van der Waals surface area contributed by atoms with Crippen LogP contribution >= 0.6 is 0 Å². The van der Waals surface area contributed by atoms with Gasteiger partial charge in [0, 0.05) is 5.39 Å². The molecule has 0 saturated carbocycles. The molecule has 0 aliphatic rings. The molecule has 23 heavy (non-hydrogen) atoms. The molecule has 0 heterocycles. The van der Waals surface area contributed by atoms with Crippen molar-refractivity contribution in [3.63, 3.8) is 0 Å². The third-order valence-electron chi connectivity index (χ3n) is 3.54. The van der Waals surface area contributed by atoms with Gasteiger partial charge in [-0.1, -0.05) is 60.7 Å². The summed E-state index contributed by atoms with van der Waals surface area (Å²) >= 11 is 0. The molecule has 0 N–H and O–H groups in total. The molecule has 113 valence electrons. The number of carbonyl (C=O) groups excluding carboxylic acids is 2. The zero-order chi connectivity index (χ0) is 16.1. The summed E-state index contributed by atoms with van der Waals surface area (Å²) in [5, 5.41) is 2.76. The van der Waals surface area contributed by atoms with Crippen molar-refractivity contribution in [3.8, 4) is 0 Å². The Morgan fingerprint density at radius 2 is 1.70 bits per heavy atom. The molecule has 3 aromatic rings. The summed E-state index contributed by atoms with van der Waals surface area (Å²) < 4.78 is 0. The van der Waals surface area contributed by atoms with Crippen LogP contribution in [0.3, 0.4) is 0 Å². The molecule has 0 unspecified atom stereocenters. The van der Waals surface area contributed by atoms with Gasteiger partial charge in [0.25, 0.3) is 0 Å². The third kappa shape index (κ3) is 3.12. The molecule has 0 aromatic heterocycles. The van der Waals surface area contributed by atoms with Crippen LogP contribution in [0.2, 0.25) is 0 Å². The summed E-state index contributed by atoms with van der Waals surface area (Å²) in [4.78, 5) is 28.4. The van der Waals surface area contributed by atoms with E-state index < -0.39 is 0 Å². The number of fused-ring (bicyclic) bond motifs is 1. The van der Waals surface area contributed by atoms with Crippen LogP contribution in [0.4, 0.5) is 5.69 Å². The summed E-state index contributed by atoms with van der Waals surface area (Å²) in [6, 6.07) is 20.4. The lowest BCUT2D eigenvalue weighted by Crippen LogP contribution is -2.23. The molecule has 0 aliphatic carbocycles. The molecular formula is C19H14NO3. The highest BCUT2D eigenvalue weighted by molar-refractivity contribution is 6.05. The number of anilines is 1. The first-order valence-electron chi connectivity index (χ1n) is 7.15. The minimum atomic E-state index is 0.223. The Bertz CT molecular complexity index is 830. The molecule has 0 bridgehead atoms. The maximum atomic E-state index is 11.5. The Labute approximate surface area is 133 Å². The lowest BCUT2D eigenvalue weighted by Gasteiger charge is -2.20. The zero-order valence-corrected chi connectivity index (χ0v) is 12.3. The van der Waals surface area contributed by atoms with Crippen LogP contribution in [-0.4, -0.2) is 12.7 Å². The number of benzene rings is 3. The first-order valence-corrected chi connectivity index (χ1v) is 7.15. The van der Waals surface area contributed by atoms with Gasteiger partial charge in [0.15, 0.2) is 0 Å². The lowest BCUT2D eigenvalue weighted by atomic mass is 10.0. The van der Waals surface area contributed by atoms with Crippen molar-refractivity contribution in [2.75, 3.05) is 5.06 Å². The first-order chi connectivity index (χ1) is 11.3. The Morgan fingerprint density at radius 1 is 0.957 bits per heavy atom. The van der Waals surface area contributed by atoms with Crippen LogP contribution in [0.25, 0.3) is 10.8 Å². The molecule has 0 saturated heterocycles. The Morgan fingerprint density at radius 3 is 2.43 bits per heavy atom. The summed E-state index contributed by atoms with van der Waals surface area (Å²) in [5.41, 5.74) is 1.61. The minimum Gasteiger partial charge on any atom is -0.285 e. The van der Waals surface area contributed by atoms with E-state index in [9.17, 15) is 9.59 Å². The zero-order valence-electron chi connectivity index (χ0n) is 12.3. The van der Waals surface area contributed by atoms with Crippen LogP contribution < -0.4 is 5.06 Å². The predicted octanol–water partition coefficient (Wildman–Crippen LogP) is 3.39. The van der Waals surface area contributed by atoms with E-state index in [0.717, 1.165) is 21.4 Å². The van der Waals surface area contributed by atoms with Gasteiger partial charge in [-0.05, 0) is 17.0 Å². The molecule has 4 heteroatoms. The van der Waals surface area contributed by atoms with Gasteiger partial charge in [-0.15, -0.1) is 0 Å². The van der Waals surface area contributed by atoms with Crippen LogP contribution in [0.5, 0.6) is 0 Å². The highest BCUT2D eigenvalue weighted by Crippen LogP contribution is 2.30. The van der Waals surface area contributed by atoms with Gasteiger partial charge in [0.2, 0.25) is 12.7 Å². The number of carbonyl (C=O) groups is 1. The molecule has 3 aromatic carbocycles. The second-order valence-electron chi connectivity index (χ2n) is 4.98. The maximum absolute atomic E-state index is 11.5. The van der Waals surface area contributed by atoms with E-state index in [1.165, 1.54) is 0 Å². The van der Waals surface area contributed by atoms with Crippen LogP contribution in [0.15, 0.2) is 66.7 Å². The van der Waals surface area contributed by atoms with Crippen molar-refractivity contribution in [2.24, 2.45) is 0 Å². The Kier molecular flexibility index (Phi) is 4.45. The van der Waals surface area contributed by atoms with Crippen molar-refractivity contribution >= 4 is 29.2 Å². The fourth-order valence-corrected chi connectivity index (χ4v) is 2.44. The van der Waals surface area contributed by atoms with Gasteiger partial charge in [0.1, 0.15) is 6.61 Å². The van der Waals surface area contributed by atoms with Crippen molar-refractivity contribution in [2.45, 2.75) is 6.61 Å². The van der Waals surface area contributed by atoms with Crippen molar-refractivity contribution < 1.29 is 14.4 Å². The van der Waals surface area contributed by atoms with Gasteiger partial charge in [0.05, 0.1) is 11.3 Å². The van der Waals surface area contributed by atoms with E-state index >= 15 is 0 Å². The SMILES string of the molecule is O=[C]c1ccc2ccccc2c1N(C=O)OCc1ccccc1. The molecule has 1 amide bonds. The predicted molar refractivity (Wildman–Crippen MR) is 88.5 cm³/mol. The number of amides is 1. The van der Waals surface area contributed by atoms with Crippen molar-refractivity contribution in [3.05, 3.63) is 77.9 Å². The molecular weight excluding hydrogens is 290 g/mol. The van der Waals surface area contributed by atoms with E-state index in [4.69, 9.17) is 4.84 Å². The second-order valence-corrected chi connectivity index (χ2v) is 4.98. The van der Waals surface area contributed by atoms with Crippen LogP contribution in [0, 0.1) is 0 Å². The lowest BCUT2D eigenvalue weighted by molar-refractivity contribution is -0.114. The molecule has 1 radical (unpaired) electrons. The average Bonchev–Trinajstić information content (AvgIpc) is 2.63. The molecule has 0 spiro atoms. The highest BCUT2D eigenvalue weighted by atomic mass is 16.7.